The van der Waals surface area contributed by atoms with E-state index < -0.39 is 0 Å². The van der Waals surface area contributed by atoms with Crippen LogP contribution < -0.4 is 0 Å². The first-order valence-corrected chi connectivity index (χ1v) is 9.45. The average molecular weight is 366 g/mol. The standard InChI is InChI=1S/C20H26N6O/c1-15-13-17(22-24(15)3)20(27)26-10-6-9-25(11-12-26)14-19-21-16-7-4-5-8-18(16)23(19)2/h4-5,7-8,13H,6,9-12,14H2,1-3H3. The van der Waals surface area contributed by atoms with Gasteiger partial charge in [-0.05, 0) is 31.5 Å². The summed E-state index contributed by atoms with van der Waals surface area (Å²) in [6.45, 7) is 6.07. The van der Waals surface area contributed by atoms with E-state index in [1.54, 1.807) is 4.68 Å². The van der Waals surface area contributed by atoms with Crippen molar-refractivity contribution in [3.63, 3.8) is 0 Å². The van der Waals surface area contributed by atoms with Crippen LogP contribution in [0.2, 0.25) is 0 Å². The fraction of sp³-hybridized carbons (Fsp3) is 0.450. The van der Waals surface area contributed by atoms with E-state index in [0.717, 1.165) is 61.7 Å². The summed E-state index contributed by atoms with van der Waals surface area (Å²) in [7, 11) is 3.94. The molecule has 0 bridgehead atoms. The first-order chi connectivity index (χ1) is 13.0. The maximum Gasteiger partial charge on any atom is 0.274 e. The fourth-order valence-corrected chi connectivity index (χ4v) is 3.70. The lowest BCUT2D eigenvalue weighted by Crippen LogP contribution is -2.35. The molecule has 1 fully saturated rings. The van der Waals surface area contributed by atoms with E-state index >= 15 is 0 Å². The molecule has 1 amide bonds. The van der Waals surface area contributed by atoms with Crippen molar-refractivity contribution in [1.82, 2.24) is 29.1 Å². The number of aryl methyl sites for hydroxylation is 3. The summed E-state index contributed by atoms with van der Waals surface area (Å²) in [5.74, 6) is 1.10. The van der Waals surface area contributed by atoms with Crippen molar-refractivity contribution < 1.29 is 4.79 Å². The Morgan fingerprint density at radius 2 is 1.93 bits per heavy atom. The molecule has 0 aliphatic carbocycles. The van der Waals surface area contributed by atoms with Crippen LogP contribution in [0.3, 0.4) is 0 Å². The molecule has 0 unspecified atom stereocenters. The number of carbonyl (C=O) groups excluding carboxylic acids is 1. The summed E-state index contributed by atoms with van der Waals surface area (Å²) in [6.07, 6.45) is 0.960. The second-order valence-corrected chi connectivity index (χ2v) is 7.29. The Labute approximate surface area is 159 Å². The fourth-order valence-electron chi connectivity index (χ4n) is 3.70. The largest absolute Gasteiger partial charge is 0.336 e. The predicted octanol–water partition coefficient (Wildman–Crippen LogP) is 1.96. The third-order valence-corrected chi connectivity index (χ3v) is 5.45. The van der Waals surface area contributed by atoms with E-state index in [9.17, 15) is 4.79 Å². The first kappa shape index (κ1) is 17.7. The molecule has 0 saturated carbocycles. The zero-order valence-electron chi connectivity index (χ0n) is 16.2. The van der Waals surface area contributed by atoms with Gasteiger partial charge in [0.15, 0.2) is 5.69 Å². The van der Waals surface area contributed by atoms with Gasteiger partial charge in [-0.2, -0.15) is 5.10 Å². The van der Waals surface area contributed by atoms with Gasteiger partial charge in [0, 0.05) is 46.0 Å². The minimum absolute atomic E-state index is 0.0308. The number of hydrogen-bond donors (Lipinski definition) is 0. The highest BCUT2D eigenvalue weighted by atomic mass is 16.2. The zero-order valence-corrected chi connectivity index (χ0v) is 16.2. The number of nitrogens with zero attached hydrogens (tertiary/aromatic N) is 6. The summed E-state index contributed by atoms with van der Waals surface area (Å²) >= 11 is 0. The Balaban J connectivity index is 1.43. The normalized spacial score (nSPS) is 16.0. The molecule has 1 saturated heterocycles. The number of carbonyl (C=O) groups is 1. The molecule has 2 aromatic heterocycles. The van der Waals surface area contributed by atoms with E-state index in [0.29, 0.717) is 5.69 Å². The molecule has 142 valence electrons. The predicted molar refractivity (Wildman–Crippen MR) is 104 cm³/mol. The Hall–Kier alpha value is -2.67. The minimum Gasteiger partial charge on any atom is -0.336 e. The smallest absolute Gasteiger partial charge is 0.274 e. The monoisotopic (exact) mass is 366 g/mol. The summed E-state index contributed by atoms with van der Waals surface area (Å²) < 4.78 is 3.92. The highest BCUT2D eigenvalue weighted by molar-refractivity contribution is 5.92. The molecular weight excluding hydrogens is 340 g/mol. The van der Waals surface area contributed by atoms with Crippen molar-refractivity contribution in [3.05, 3.63) is 47.5 Å². The molecule has 3 aromatic rings. The molecule has 1 aromatic carbocycles. The Kier molecular flexibility index (Phi) is 4.70. The van der Waals surface area contributed by atoms with Crippen molar-refractivity contribution in [2.24, 2.45) is 14.1 Å². The lowest BCUT2D eigenvalue weighted by Gasteiger charge is -2.21. The van der Waals surface area contributed by atoms with Crippen LogP contribution in [0, 0.1) is 6.92 Å². The second kappa shape index (κ2) is 7.15. The number of para-hydroxylation sites is 2. The van der Waals surface area contributed by atoms with Gasteiger partial charge in [-0.3, -0.25) is 14.4 Å². The molecule has 1 aliphatic rings. The van der Waals surface area contributed by atoms with Gasteiger partial charge in [0.05, 0.1) is 17.6 Å². The van der Waals surface area contributed by atoms with Gasteiger partial charge in [0.2, 0.25) is 0 Å². The zero-order chi connectivity index (χ0) is 19.0. The maximum absolute atomic E-state index is 12.8. The molecule has 1 aliphatic heterocycles. The highest BCUT2D eigenvalue weighted by Gasteiger charge is 2.23. The van der Waals surface area contributed by atoms with Crippen LogP contribution in [0.5, 0.6) is 0 Å². The molecule has 0 N–H and O–H groups in total. The van der Waals surface area contributed by atoms with Crippen LogP contribution in [-0.4, -0.2) is 61.2 Å². The van der Waals surface area contributed by atoms with E-state index in [1.807, 2.05) is 37.1 Å². The first-order valence-electron chi connectivity index (χ1n) is 9.45. The van der Waals surface area contributed by atoms with Gasteiger partial charge < -0.3 is 9.47 Å². The number of fused-ring (bicyclic) bond motifs is 1. The number of imidazole rings is 1. The highest BCUT2D eigenvalue weighted by Crippen LogP contribution is 2.17. The lowest BCUT2D eigenvalue weighted by atomic mass is 10.3. The molecule has 3 heterocycles. The van der Waals surface area contributed by atoms with Crippen LogP contribution in [0.1, 0.15) is 28.4 Å². The topological polar surface area (TPSA) is 59.2 Å². The van der Waals surface area contributed by atoms with Gasteiger partial charge >= 0.3 is 0 Å². The van der Waals surface area contributed by atoms with Crippen LogP contribution in [0.25, 0.3) is 11.0 Å². The summed E-state index contributed by atoms with van der Waals surface area (Å²) in [5.41, 5.74) is 3.73. The Morgan fingerprint density at radius 3 is 2.67 bits per heavy atom. The number of aromatic nitrogens is 4. The average Bonchev–Trinajstić information content (AvgIpc) is 3.05. The summed E-state index contributed by atoms with van der Waals surface area (Å²) in [6, 6.07) is 10.1. The van der Waals surface area contributed by atoms with Crippen molar-refractivity contribution in [1.29, 1.82) is 0 Å². The van der Waals surface area contributed by atoms with Gasteiger partial charge in [0.25, 0.3) is 5.91 Å². The van der Waals surface area contributed by atoms with Crippen LogP contribution >= 0.6 is 0 Å². The third kappa shape index (κ3) is 3.47. The molecule has 0 atom stereocenters. The molecule has 0 radical (unpaired) electrons. The van der Waals surface area contributed by atoms with Crippen molar-refractivity contribution >= 4 is 16.9 Å². The number of benzene rings is 1. The number of rotatable bonds is 3. The van der Waals surface area contributed by atoms with Crippen molar-refractivity contribution in [3.8, 4) is 0 Å². The molecular formula is C20H26N6O. The molecule has 7 heteroatoms. The summed E-state index contributed by atoms with van der Waals surface area (Å²) in [4.78, 5) is 21.9. The van der Waals surface area contributed by atoms with Gasteiger partial charge in [-0.1, -0.05) is 12.1 Å². The number of hydrogen-bond acceptors (Lipinski definition) is 4. The quantitative estimate of drug-likeness (QED) is 0.711. The number of amides is 1. The van der Waals surface area contributed by atoms with Crippen LogP contribution in [0.4, 0.5) is 0 Å². The second-order valence-electron chi connectivity index (χ2n) is 7.29. The lowest BCUT2D eigenvalue weighted by molar-refractivity contribution is 0.0754. The summed E-state index contributed by atoms with van der Waals surface area (Å²) in [5, 5.41) is 4.34. The Morgan fingerprint density at radius 1 is 1.11 bits per heavy atom. The molecule has 4 rings (SSSR count). The third-order valence-electron chi connectivity index (χ3n) is 5.45. The molecule has 0 spiro atoms. The maximum atomic E-state index is 12.8. The van der Waals surface area contributed by atoms with E-state index in [2.05, 4.69) is 33.7 Å². The van der Waals surface area contributed by atoms with E-state index in [1.165, 1.54) is 0 Å². The van der Waals surface area contributed by atoms with E-state index in [-0.39, 0.29) is 5.91 Å². The molecule has 27 heavy (non-hydrogen) atoms. The SMILES string of the molecule is Cc1cc(C(=O)N2CCCN(Cc3nc4ccccc4n3C)CC2)nn1C. The van der Waals surface area contributed by atoms with Crippen molar-refractivity contribution in [2.45, 2.75) is 19.9 Å². The minimum atomic E-state index is 0.0308. The Bertz CT molecular complexity index is 953. The molecule has 7 nitrogen and oxygen atoms in total. The van der Waals surface area contributed by atoms with Crippen LogP contribution in [-0.2, 0) is 20.6 Å². The van der Waals surface area contributed by atoms with Crippen molar-refractivity contribution in [2.75, 3.05) is 26.2 Å². The van der Waals surface area contributed by atoms with Gasteiger partial charge in [0.1, 0.15) is 5.82 Å². The van der Waals surface area contributed by atoms with Gasteiger partial charge in [-0.25, -0.2) is 4.98 Å². The van der Waals surface area contributed by atoms with Gasteiger partial charge in [-0.15, -0.1) is 0 Å². The van der Waals surface area contributed by atoms with Crippen LogP contribution in [0.15, 0.2) is 30.3 Å². The van der Waals surface area contributed by atoms with E-state index in [4.69, 9.17) is 4.98 Å².